The Morgan fingerprint density at radius 1 is 1.11 bits per heavy atom. The Balaban J connectivity index is 1.75. The highest BCUT2D eigenvalue weighted by atomic mass is 35.5. The highest BCUT2D eigenvalue weighted by molar-refractivity contribution is 6.47. The zero-order chi connectivity index (χ0) is 26.1. The van der Waals surface area contributed by atoms with Gasteiger partial charge in [-0.15, -0.1) is 0 Å². The second kappa shape index (κ2) is 12.4. The van der Waals surface area contributed by atoms with E-state index in [2.05, 4.69) is 15.3 Å². The summed E-state index contributed by atoms with van der Waals surface area (Å²) in [4.78, 5) is 35.5. The van der Waals surface area contributed by atoms with Gasteiger partial charge in [-0.05, 0) is 30.7 Å². The Kier molecular flexibility index (Phi) is 9.05. The topological polar surface area (TPSA) is 135 Å². The largest absolute Gasteiger partial charge is 0.453 e. The van der Waals surface area contributed by atoms with Crippen molar-refractivity contribution in [2.75, 3.05) is 12.0 Å². The molecule has 0 saturated carbocycles. The van der Waals surface area contributed by atoms with Crippen molar-refractivity contribution < 1.29 is 19.1 Å². The first-order valence-corrected chi connectivity index (χ1v) is 11.2. The minimum atomic E-state index is -1.05. The van der Waals surface area contributed by atoms with Gasteiger partial charge in [-0.1, -0.05) is 53.5 Å². The molecule has 0 radical (unpaired) electrons. The maximum atomic E-state index is 12.3. The van der Waals surface area contributed by atoms with Crippen LogP contribution in [-0.4, -0.2) is 28.9 Å². The van der Waals surface area contributed by atoms with Crippen molar-refractivity contribution in [3.63, 3.8) is 0 Å². The Bertz CT molecular complexity index is 1380. The number of benzene rings is 2. The first-order chi connectivity index (χ1) is 17.3. The Morgan fingerprint density at radius 3 is 2.44 bits per heavy atom. The molecule has 3 aromatic rings. The molecule has 0 fully saturated rings. The average molecular weight is 528 g/mol. The molecule has 10 nitrogen and oxygen atoms in total. The molecule has 12 heteroatoms. The lowest BCUT2D eigenvalue weighted by Crippen LogP contribution is -2.36. The van der Waals surface area contributed by atoms with Gasteiger partial charge in [0.25, 0.3) is 11.5 Å². The van der Waals surface area contributed by atoms with E-state index in [1.54, 1.807) is 19.2 Å². The minimum Gasteiger partial charge on any atom is -0.453 e. The van der Waals surface area contributed by atoms with Crippen LogP contribution < -0.4 is 21.0 Å². The van der Waals surface area contributed by atoms with Gasteiger partial charge in [0, 0.05) is 6.07 Å². The monoisotopic (exact) mass is 527 g/mol. The predicted molar refractivity (Wildman–Crippen MR) is 135 cm³/mol. The number of anilines is 1. The van der Waals surface area contributed by atoms with Gasteiger partial charge in [-0.2, -0.15) is 10.4 Å². The fourth-order valence-corrected chi connectivity index (χ4v) is 3.44. The van der Waals surface area contributed by atoms with Gasteiger partial charge in [-0.25, -0.2) is 4.79 Å². The third kappa shape index (κ3) is 7.09. The maximum Gasteiger partial charge on any atom is 0.414 e. The molecule has 1 aromatic heterocycles. The van der Waals surface area contributed by atoms with Gasteiger partial charge in [0.05, 0.1) is 35.1 Å². The van der Waals surface area contributed by atoms with Crippen molar-refractivity contribution >= 4 is 46.6 Å². The zero-order valence-electron chi connectivity index (χ0n) is 18.8. The summed E-state index contributed by atoms with van der Waals surface area (Å²) < 4.78 is 11.9. The number of halogens is 2. The molecule has 2 N–H and O–H groups in total. The van der Waals surface area contributed by atoms with Crippen LogP contribution in [0, 0.1) is 11.3 Å². The molecule has 2 amide bonds. The average Bonchev–Trinajstić information content (AvgIpc) is 2.84. The number of amides is 2. The van der Waals surface area contributed by atoms with E-state index in [0.29, 0.717) is 12.3 Å². The molecule has 0 spiro atoms. The number of nitriles is 1. The lowest BCUT2D eigenvalue weighted by molar-refractivity contribution is -0.114. The zero-order valence-corrected chi connectivity index (χ0v) is 20.3. The van der Waals surface area contributed by atoms with Gasteiger partial charge in [-0.3, -0.25) is 20.3 Å². The molecule has 0 aliphatic heterocycles. The first kappa shape index (κ1) is 26.3. The van der Waals surface area contributed by atoms with E-state index in [-0.39, 0.29) is 33.6 Å². The smallest absolute Gasteiger partial charge is 0.414 e. The van der Waals surface area contributed by atoms with E-state index in [1.165, 1.54) is 28.8 Å². The van der Waals surface area contributed by atoms with E-state index in [0.717, 1.165) is 5.56 Å². The van der Waals surface area contributed by atoms with E-state index in [4.69, 9.17) is 33.2 Å². The number of aromatic nitrogens is 1. The predicted octanol–water partition coefficient (Wildman–Crippen LogP) is 4.56. The van der Waals surface area contributed by atoms with Crippen molar-refractivity contribution in [2.24, 2.45) is 5.10 Å². The van der Waals surface area contributed by atoms with Crippen molar-refractivity contribution in [1.29, 1.82) is 5.26 Å². The molecule has 184 valence electrons. The van der Waals surface area contributed by atoms with Crippen molar-refractivity contribution in [3.8, 4) is 17.6 Å². The van der Waals surface area contributed by atoms with Gasteiger partial charge in [0.2, 0.25) is 5.71 Å². The number of hydrogen-bond acceptors (Lipinski definition) is 8. The molecule has 0 aliphatic rings. The van der Waals surface area contributed by atoms with E-state index in [9.17, 15) is 14.4 Å². The van der Waals surface area contributed by atoms with Crippen LogP contribution in [0.3, 0.4) is 0 Å². The van der Waals surface area contributed by atoms with E-state index in [1.807, 2.05) is 35.6 Å². The fourth-order valence-electron chi connectivity index (χ4n) is 2.88. The lowest BCUT2D eigenvalue weighted by atomic mass is 10.2. The van der Waals surface area contributed by atoms with Crippen molar-refractivity contribution in [3.05, 3.63) is 86.8 Å². The van der Waals surface area contributed by atoms with Crippen molar-refractivity contribution in [1.82, 2.24) is 9.88 Å². The summed E-state index contributed by atoms with van der Waals surface area (Å²) in [6.07, 6.45) is 0.535. The summed E-state index contributed by atoms with van der Waals surface area (Å²) in [5.41, 5.74) is 2.83. The first-order valence-electron chi connectivity index (χ1n) is 10.4. The van der Waals surface area contributed by atoms with Gasteiger partial charge in [0.1, 0.15) is 11.8 Å². The number of pyridine rings is 1. The normalized spacial score (nSPS) is 10.8. The van der Waals surface area contributed by atoms with Crippen LogP contribution in [0.2, 0.25) is 10.0 Å². The van der Waals surface area contributed by atoms with Crippen LogP contribution >= 0.6 is 23.2 Å². The SMILES string of the molecule is CCOC(=O)NC(=O)C(C#N)=NNc1cc(Cl)c(Oc2ccc(=O)n(Cc3ccccc3)c2)c(Cl)c1. The lowest BCUT2D eigenvalue weighted by Gasteiger charge is -2.13. The van der Waals surface area contributed by atoms with Crippen molar-refractivity contribution in [2.45, 2.75) is 13.5 Å². The molecule has 0 aliphatic carbocycles. The highest BCUT2D eigenvalue weighted by Crippen LogP contribution is 2.38. The third-order valence-electron chi connectivity index (χ3n) is 4.48. The number of carbonyl (C=O) groups is 2. The summed E-state index contributed by atoms with van der Waals surface area (Å²) in [5.74, 6) is -0.597. The fraction of sp³-hybridized carbons (Fsp3) is 0.125. The van der Waals surface area contributed by atoms with Crippen LogP contribution in [-0.2, 0) is 16.1 Å². The number of imide groups is 1. The molecule has 36 heavy (non-hydrogen) atoms. The summed E-state index contributed by atoms with van der Waals surface area (Å²) in [7, 11) is 0. The second-order valence-electron chi connectivity index (χ2n) is 7.05. The molecule has 0 unspecified atom stereocenters. The third-order valence-corrected chi connectivity index (χ3v) is 5.04. The molecule has 0 atom stereocenters. The number of nitrogens with zero attached hydrogens (tertiary/aromatic N) is 3. The number of hydrogen-bond donors (Lipinski definition) is 2. The molecule has 1 heterocycles. The van der Waals surface area contributed by atoms with Crippen LogP contribution in [0.4, 0.5) is 10.5 Å². The number of alkyl carbamates (subject to hydrolysis) is 1. The van der Waals surface area contributed by atoms with Gasteiger partial charge in [0.15, 0.2) is 5.75 Å². The number of rotatable bonds is 8. The maximum absolute atomic E-state index is 12.3. The molecule has 0 saturated heterocycles. The standard InChI is InChI=1S/C24H19Cl2N5O5/c1-2-35-24(34)28-23(33)20(12-27)30-29-16-10-18(25)22(19(26)11-16)36-17-8-9-21(32)31(14-17)13-15-6-4-3-5-7-15/h3-11,14,29H,2,13H2,1H3,(H,28,33,34). The Morgan fingerprint density at radius 2 is 1.81 bits per heavy atom. The van der Waals surface area contributed by atoms with Crippen LogP contribution in [0.25, 0.3) is 0 Å². The molecular weight excluding hydrogens is 509 g/mol. The summed E-state index contributed by atoms with van der Waals surface area (Å²) in [6, 6.07) is 16.7. The molecular formula is C24H19Cl2N5O5. The van der Waals surface area contributed by atoms with E-state index < -0.39 is 17.7 Å². The molecule has 3 rings (SSSR count). The van der Waals surface area contributed by atoms with Gasteiger partial charge >= 0.3 is 6.09 Å². The van der Waals surface area contributed by atoms with Crippen LogP contribution in [0.1, 0.15) is 12.5 Å². The second-order valence-corrected chi connectivity index (χ2v) is 7.86. The molecule has 2 aromatic carbocycles. The van der Waals surface area contributed by atoms with Crippen LogP contribution in [0.15, 0.2) is 70.7 Å². The highest BCUT2D eigenvalue weighted by Gasteiger charge is 2.16. The van der Waals surface area contributed by atoms with Gasteiger partial charge < -0.3 is 14.0 Å². The Labute approximate surface area is 215 Å². The number of ether oxygens (including phenoxy) is 2. The number of hydrazone groups is 1. The summed E-state index contributed by atoms with van der Waals surface area (Å²) >= 11 is 12.7. The summed E-state index contributed by atoms with van der Waals surface area (Å²) in [6.45, 7) is 1.97. The van der Waals surface area contributed by atoms with Crippen LogP contribution in [0.5, 0.6) is 11.5 Å². The Hall–Kier alpha value is -4.33. The number of carbonyl (C=O) groups excluding carboxylic acids is 2. The quantitative estimate of drug-likeness (QED) is 0.323. The molecule has 0 bridgehead atoms. The summed E-state index contributed by atoms with van der Waals surface area (Å²) in [5, 5.41) is 14.9. The van der Waals surface area contributed by atoms with E-state index >= 15 is 0 Å². The number of nitrogens with one attached hydrogen (secondary N) is 2. The minimum absolute atomic E-state index is 0.0515.